The molecule has 1 N–H and O–H groups in total. The van der Waals surface area contributed by atoms with Crippen molar-refractivity contribution in [3.63, 3.8) is 0 Å². The van der Waals surface area contributed by atoms with Crippen LogP contribution in [0.1, 0.15) is 12.2 Å². The van der Waals surface area contributed by atoms with Gasteiger partial charge in [0.05, 0.1) is 0 Å². The van der Waals surface area contributed by atoms with Crippen molar-refractivity contribution in [1.29, 1.82) is 0 Å². The van der Waals surface area contributed by atoms with Gasteiger partial charge in [-0.2, -0.15) is 5.21 Å². The van der Waals surface area contributed by atoms with Gasteiger partial charge in [0.1, 0.15) is 0 Å². The number of nitrogens with one attached hydrogen (secondary N) is 1. The standard InChI is InChI=1S/C6H10N4O/c1-2-11-4-5(1)3-6-7-9-10-8-6/h5H,1-4H2,(H,7,8,9,10)/t5-/m0/s1. The van der Waals surface area contributed by atoms with Crippen LogP contribution in [0.15, 0.2) is 0 Å². The van der Waals surface area contributed by atoms with Crippen molar-refractivity contribution in [3.05, 3.63) is 5.82 Å². The van der Waals surface area contributed by atoms with Crippen LogP contribution in [0.4, 0.5) is 0 Å². The van der Waals surface area contributed by atoms with E-state index in [4.69, 9.17) is 4.74 Å². The second-order valence-electron chi connectivity index (χ2n) is 2.76. The molecule has 0 amide bonds. The van der Waals surface area contributed by atoms with Gasteiger partial charge in [0.2, 0.25) is 0 Å². The molecular weight excluding hydrogens is 144 g/mol. The lowest BCUT2D eigenvalue weighted by molar-refractivity contribution is 0.185. The average molecular weight is 154 g/mol. The van der Waals surface area contributed by atoms with Crippen molar-refractivity contribution in [2.24, 2.45) is 5.92 Å². The second kappa shape index (κ2) is 2.96. The van der Waals surface area contributed by atoms with E-state index in [2.05, 4.69) is 20.6 Å². The lowest BCUT2D eigenvalue weighted by Gasteiger charge is -2.00. The Kier molecular flexibility index (Phi) is 1.81. The molecule has 0 aromatic carbocycles. The Morgan fingerprint density at radius 3 is 3.27 bits per heavy atom. The summed E-state index contributed by atoms with van der Waals surface area (Å²) in [7, 11) is 0. The largest absolute Gasteiger partial charge is 0.381 e. The summed E-state index contributed by atoms with van der Waals surface area (Å²) >= 11 is 0. The molecule has 0 unspecified atom stereocenters. The Bertz CT molecular complexity index is 204. The van der Waals surface area contributed by atoms with Crippen molar-refractivity contribution in [3.8, 4) is 0 Å². The zero-order valence-electron chi connectivity index (χ0n) is 6.16. The van der Waals surface area contributed by atoms with Gasteiger partial charge in [-0.1, -0.05) is 5.21 Å². The molecule has 1 aromatic rings. The fourth-order valence-corrected chi connectivity index (χ4v) is 1.27. The van der Waals surface area contributed by atoms with Crippen molar-refractivity contribution in [2.75, 3.05) is 13.2 Å². The minimum Gasteiger partial charge on any atom is -0.381 e. The van der Waals surface area contributed by atoms with Gasteiger partial charge in [-0.15, -0.1) is 10.2 Å². The fourth-order valence-electron chi connectivity index (χ4n) is 1.27. The van der Waals surface area contributed by atoms with Crippen LogP contribution >= 0.6 is 0 Å². The molecule has 5 nitrogen and oxygen atoms in total. The summed E-state index contributed by atoms with van der Waals surface area (Å²) in [6.07, 6.45) is 2.00. The topological polar surface area (TPSA) is 63.7 Å². The molecule has 11 heavy (non-hydrogen) atoms. The zero-order valence-corrected chi connectivity index (χ0v) is 6.16. The summed E-state index contributed by atoms with van der Waals surface area (Å²) in [5.41, 5.74) is 0. The van der Waals surface area contributed by atoms with Gasteiger partial charge in [0.25, 0.3) is 0 Å². The maximum Gasteiger partial charge on any atom is 0.174 e. The molecule has 1 atom stereocenters. The second-order valence-corrected chi connectivity index (χ2v) is 2.76. The lowest BCUT2D eigenvalue weighted by atomic mass is 10.1. The van der Waals surface area contributed by atoms with Crippen LogP contribution in [0.25, 0.3) is 0 Å². The SMILES string of the molecule is C1C[C@@H](Cc2nn[nH]n2)CO1. The highest BCUT2D eigenvalue weighted by atomic mass is 16.5. The Labute approximate surface area is 64.1 Å². The first-order chi connectivity index (χ1) is 5.45. The van der Waals surface area contributed by atoms with Gasteiger partial charge in [0.15, 0.2) is 5.82 Å². The van der Waals surface area contributed by atoms with E-state index in [1.165, 1.54) is 0 Å². The number of H-pyrrole nitrogens is 1. The first-order valence-electron chi connectivity index (χ1n) is 3.75. The minimum absolute atomic E-state index is 0.590. The number of hydrogen-bond acceptors (Lipinski definition) is 4. The molecule has 1 aromatic heterocycles. The summed E-state index contributed by atoms with van der Waals surface area (Å²) < 4.78 is 5.22. The first kappa shape index (κ1) is 6.72. The summed E-state index contributed by atoms with van der Waals surface area (Å²) in [6.45, 7) is 1.72. The summed E-state index contributed by atoms with van der Waals surface area (Å²) in [5, 5.41) is 13.7. The molecule has 0 saturated carbocycles. The number of aromatic nitrogens is 4. The quantitative estimate of drug-likeness (QED) is 0.639. The van der Waals surface area contributed by atoms with E-state index in [1.54, 1.807) is 0 Å². The molecule has 0 bridgehead atoms. The number of rotatable bonds is 2. The van der Waals surface area contributed by atoms with Gasteiger partial charge >= 0.3 is 0 Å². The van der Waals surface area contributed by atoms with Crippen LogP contribution in [-0.2, 0) is 11.2 Å². The Hall–Kier alpha value is -0.970. The minimum atomic E-state index is 0.590. The number of tetrazole rings is 1. The molecule has 0 aliphatic carbocycles. The normalized spacial score (nSPS) is 24.2. The van der Waals surface area contributed by atoms with Crippen LogP contribution in [0.2, 0.25) is 0 Å². The number of aromatic amines is 1. The highest BCUT2D eigenvalue weighted by Gasteiger charge is 2.17. The maximum atomic E-state index is 5.22. The van der Waals surface area contributed by atoms with E-state index in [-0.39, 0.29) is 0 Å². The van der Waals surface area contributed by atoms with E-state index in [1.807, 2.05) is 0 Å². The van der Waals surface area contributed by atoms with Crippen LogP contribution < -0.4 is 0 Å². The average Bonchev–Trinajstić information content (AvgIpc) is 2.60. The Balaban J connectivity index is 1.90. The molecule has 60 valence electrons. The van der Waals surface area contributed by atoms with E-state index >= 15 is 0 Å². The first-order valence-corrected chi connectivity index (χ1v) is 3.75. The Morgan fingerprint density at radius 1 is 1.64 bits per heavy atom. The molecule has 1 aliphatic rings. The smallest absolute Gasteiger partial charge is 0.174 e. The summed E-state index contributed by atoms with van der Waals surface area (Å²) in [4.78, 5) is 0. The molecule has 0 radical (unpaired) electrons. The summed E-state index contributed by atoms with van der Waals surface area (Å²) in [6, 6.07) is 0. The van der Waals surface area contributed by atoms with Gasteiger partial charge in [-0.3, -0.25) is 0 Å². The van der Waals surface area contributed by atoms with Gasteiger partial charge < -0.3 is 4.74 Å². The van der Waals surface area contributed by atoms with Crippen molar-refractivity contribution >= 4 is 0 Å². The van der Waals surface area contributed by atoms with Crippen LogP contribution in [0.3, 0.4) is 0 Å². The molecule has 2 heterocycles. The predicted molar refractivity (Wildman–Crippen MR) is 36.8 cm³/mol. The molecule has 1 saturated heterocycles. The van der Waals surface area contributed by atoms with Gasteiger partial charge in [-0.05, 0) is 12.3 Å². The van der Waals surface area contributed by atoms with Crippen molar-refractivity contribution in [2.45, 2.75) is 12.8 Å². The maximum absolute atomic E-state index is 5.22. The summed E-state index contributed by atoms with van der Waals surface area (Å²) in [5.74, 6) is 1.38. The molecule has 1 fully saturated rings. The highest BCUT2D eigenvalue weighted by Crippen LogP contribution is 2.15. The molecule has 2 rings (SSSR count). The number of nitrogens with zero attached hydrogens (tertiary/aromatic N) is 3. The fraction of sp³-hybridized carbons (Fsp3) is 0.833. The van der Waals surface area contributed by atoms with E-state index < -0.39 is 0 Å². The van der Waals surface area contributed by atoms with Crippen LogP contribution in [0, 0.1) is 5.92 Å². The lowest BCUT2D eigenvalue weighted by Crippen LogP contribution is -2.04. The molecule has 0 spiro atoms. The highest BCUT2D eigenvalue weighted by molar-refractivity contribution is 4.81. The third-order valence-electron chi connectivity index (χ3n) is 1.88. The number of ether oxygens (including phenoxy) is 1. The monoisotopic (exact) mass is 154 g/mol. The number of hydrogen-bond donors (Lipinski definition) is 1. The Morgan fingerprint density at radius 2 is 2.64 bits per heavy atom. The molecule has 1 aliphatic heterocycles. The van der Waals surface area contributed by atoms with E-state index in [9.17, 15) is 0 Å². The van der Waals surface area contributed by atoms with Crippen LogP contribution in [-0.4, -0.2) is 33.8 Å². The van der Waals surface area contributed by atoms with Crippen molar-refractivity contribution < 1.29 is 4.74 Å². The van der Waals surface area contributed by atoms with Gasteiger partial charge in [-0.25, -0.2) is 0 Å². The van der Waals surface area contributed by atoms with E-state index in [0.717, 1.165) is 31.9 Å². The van der Waals surface area contributed by atoms with Gasteiger partial charge in [0, 0.05) is 19.6 Å². The molecular formula is C6H10N4O. The van der Waals surface area contributed by atoms with Crippen molar-refractivity contribution in [1.82, 2.24) is 20.6 Å². The third-order valence-corrected chi connectivity index (χ3v) is 1.88. The zero-order chi connectivity index (χ0) is 7.52. The van der Waals surface area contributed by atoms with Crippen LogP contribution in [0.5, 0.6) is 0 Å². The predicted octanol–water partition coefficient (Wildman–Crippen LogP) is -0.221. The third kappa shape index (κ3) is 1.54. The van der Waals surface area contributed by atoms with E-state index in [0.29, 0.717) is 5.92 Å². The molecule has 5 heteroatoms.